The van der Waals surface area contributed by atoms with Gasteiger partial charge in [0.05, 0.1) is 11.5 Å². The van der Waals surface area contributed by atoms with E-state index in [9.17, 15) is 24.5 Å². The average Bonchev–Trinajstić information content (AvgIpc) is 3.26. The normalized spacial score (nSPS) is 20.3. The SMILES string of the molecule is Cc1ccc(C(=O)CN2C(=O)N[C@@](C)(c3ccc4c(c3)CCC4)C2=O)cc1[N+](=O)[O-]. The van der Waals surface area contributed by atoms with Crippen molar-refractivity contribution in [3.05, 3.63) is 74.3 Å². The molecular formula is C22H21N3O5. The lowest BCUT2D eigenvalue weighted by Gasteiger charge is -2.23. The standard InChI is InChI=1S/C22H21N3O5/c1-13-6-7-16(11-18(13)25(29)30)19(26)12-24-20(27)22(2,23-21(24)28)17-9-8-14-4-3-5-15(14)10-17/h6-11H,3-5,12H2,1-2H3,(H,23,28)/t22-/m0/s1. The van der Waals surface area contributed by atoms with Crippen LogP contribution in [0.2, 0.25) is 0 Å². The number of hydrogen-bond acceptors (Lipinski definition) is 5. The Bertz CT molecular complexity index is 1110. The number of fused-ring (bicyclic) bond motifs is 1. The molecule has 1 atom stereocenters. The molecule has 1 fully saturated rings. The predicted octanol–water partition coefficient (Wildman–Crippen LogP) is 3.04. The lowest BCUT2D eigenvalue weighted by Crippen LogP contribution is -2.41. The van der Waals surface area contributed by atoms with E-state index < -0.39 is 34.7 Å². The van der Waals surface area contributed by atoms with Gasteiger partial charge in [-0.05, 0) is 49.8 Å². The quantitative estimate of drug-likeness (QED) is 0.355. The van der Waals surface area contributed by atoms with Gasteiger partial charge in [-0.2, -0.15) is 0 Å². The van der Waals surface area contributed by atoms with Gasteiger partial charge in [-0.1, -0.05) is 30.3 Å². The molecule has 0 spiro atoms. The first-order valence-electron chi connectivity index (χ1n) is 9.75. The van der Waals surface area contributed by atoms with Crippen molar-refractivity contribution in [1.82, 2.24) is 10.2 Å². The summed E-state index contributed by atoms with van der Waals surface area (Å²) in [5.41, 5.74) is 2.19. The molecule has 0 unspecified atom stereocenters. The summed E-state index contributed by atoms with van der Waals surface area (Å²) in [6, 6.07) is 9.25. The third kappa shape index (κ3) is 3.14. The number of benzene rings is 2. The molecule has 0 bridgehead atoms. The molecule has 0 saturated carbocycles. The summed E-state index contributed by atoms with van der Waals surface area (Å²) in [7, 11) is 0. The molecular weight excluding hydrogens is 386 g/mol. The van der Waals surface area contributed by atoms with Gasteiger partial charge in [0.1, 0.15) is 5.54 Å². The number of Topliss-reactive ketones (excluding diaryl/α,β-unsaturated/α-hetero) is 1. The Morgan fingerprint density at radius 2 is 1.90 bits per heavy atom. The van der Waals surface area contributed by atoms with Crippen LogP contribution in [-0.2, 0) is 23.2 Å². The van der Waals surface area contributed by atoms with Gasteiger partial charge in [0, 0.05) is 17.2 Å². The monoisotopic (exact) mass is 407 g/mol. The Morgan fingerprint density at radius 3 is 2.63 bits per heavy atom. The van der Waals surface area contributed by atoms with E-state index in [0.717, 1.165) is 24.2 Å². The van der Waals surface area contributed by atoms with Crippen molar-refractivity contribution in [2.75, 3.05) is 6.54 Å². The molecule has 1 heterocycles. The molecule has 8 nitrogen and oxygen atoms in total. The first-order valence-corrected chi connectivity index (χ1v) is 9.75. The van der Waals surface area contributed by atoms with Crippen molar-refractivity contribution in [2.24, 2.45) is 0 Å². The zero-order chi connectivity index (χ0) is 21.6. The maximum atomic E-state index is 13.1. The average molecular weight is 407 g/mol. The van der Waals surface area contributed by atoms with Crippen LogP contribution in [-0.4, -0.2) is 34.1 Å². The molecule has 1 aliphatic heterocycles. The van der Waals surface area contributed by atoms with Crippen LogP contribution < -0.4 is 5.32 Å². The van der Waals surface area contributed by atoms with Gasteiger partial charge in [-0.3, -0.25) is 24.6 Å². The number of ketones is 1. The fraction of sp³-hybridized carbons (Fsp3) is 0.318. The first kappa shape index (κ1) is 19.8. The molecule has 8 heteroatoms. The Balaban J connectivity index is 1.58. The molecule has 1 N–H and O–H groups in total. The second-order valence-electron chi connectivity index (χ2n) is 7.97. The highest BCUT2D eigenvalue weighted by atomic mass is 16.6. The number of nitro benzene ring substituents is 1. The summed E-state index contributed by atoms with van der Waals surface area (Å²) >= 11 is 0. The van der Waals surface area contributed by atoms with Crippen molar-refractivity contribution in [2.45, 2.75) is 38.6 Å². The zero-order valence-electron chi connectivity index (χ0n) is 16.7. The van der Waals surface area contributed by atoms with Crippen LogP contribution in [0.1, 0.15) is 46.0 Å². The second kappa shape index (κ2) is 7.05. The van der Waals surface area contributed by atoms with Crippen LogP contribution in [0.15, 0.2) is 36.4 Å². The van der Waals surface area contributed by atoms with Gasteiger partial charge in [0.15, 0.2) is 5.78 Å². The number of rotatable bonds is 5. The molecule has 0 aromatic heterocycles. The highest BCUT2D eigenvalue weighted by Crippen LogP contribution is 2.32. The van der Waals surface area contributed by atoms with E-state index in [1.54, 1.807) is 13.8 Å². The lowest BCUT2D eigenvalue weighted by molar-refractivity contribution is -0.385. The first-order chi connectivity index (χ1) is 14.2. The molecule has 0 radical (unpaired) electrons. The van der Waals surface area contributed by atoms with E-state index in [1.807, 2.05) is 18.2 Å². The van der Waals surface area contributed by atoms with E-state index in [0.29, 0.717) is 11.1 Å². The number of nitro groups is 1. The maximum Gasteiger partial charge on any atom is 0.325 e. The van der Waals surface area contributed by atoms with Crippen LogP contribution in [0.5, 0.6) is 0 Å². The molecule has 2 aromatic rings. The topological polar surface area (TPSA) is 110 Å². The minimum atomic E-state index is -1.26. The molecule has 4 rings (SSSR count). The fourth-order valence-electron chi connectivity index (χ4n) is 4.13. The number of imide groups is 1. The van der Waals surface area contributed by atoms with E-state index in [2.05, 4.69) is 5.32 Å². The molecule has 2 aromatic carbocycles. The number of urea groups is 1. The molecule has 2 aliphatic rings. The van der Waals surface area contributed by atoms with E-state index in [-0.39, 0.29) is 11.3 Å². The van der Waals surface area contributed by atoms with E-state index in [1.165, 1.54) is 29.3 Å². The van der Waals surface area contributed by atoms with Crippen LogP contribution >= 0.6 is 0 Å². The van der Waals surface area contributed by atoms with Crippen molar-refractivity contribution in [3.63, 3.8) is 0 Å². The number of carbonyl (C=O) groups excluding carboxylic acids is 3. The smallest absolute Gasteiger partial charge is 0.319 e. The Kier molecular flexibility index (Phi) is 4.64. The Hall–Kier alpha value is -3.55. The maximum absolute atomic E-state index is 13.1. The third-order valence-corrected chi connectivity index (χ3v) is 5.98. The zero-order valence-corrected chi connectivity index (χ0v) is 16.7. The molecule has 3 amide bonds. The summed E-state index contributed by atoms with van der Waals surface area (Å²) < 4.78 is 0. The third-order valence-electron chi connectivity index (χ3n) is 5.98. The number of aryl methyl sites for hydroxylation is 3. The van der Waals surface area contributed by atoms with Gasteiger partial charge in [-0.15, -0.1) is 0 Å². The molecule has 1 saturated heterocycles. The van der Waals surface area contributed by atoms with E-state index in [4.69, 9.17) is 0 Å². The summed E-state index contributed by atoms with van der Waals surface area (Å²) in [6.45, 7) is 2.72. The summed E-state index contributed by atoms with van der Waals surface area (Å²) in [4.78, 5) is 49.8. The summed E-state index contributed by atoms with van der Waals surface area (Å²) in [5, 5.41) is 13.8. The van der Waals surface area contributed by atoms with Crippen LogP contribution in [0.25, 0.3) is 0 Å². The molecule has 30 heavy (non-hydrogen) atoms. The minimum absolute atomic E-state index is 0.0824. The lowest BCUT2D eigenvalue weighted by atomic mass is 9.89. The number of nitrogens with zero attached hydrogens (tertiary/aromatic N) is 2. The predicted molar refractivity (Wildman–Crippen MR) is 108 cm³/mol. The molecule has 154 valence electrons. The van der Waals surface area contributed by atoms with Gasteiger partial charge in [-0.25, -0.2) is 4.79 Å². The highest BCUT2D eigenvalue weighted by molar-refractivity contribution is 6.11. The van der Waals surface area contributed by atoms with Crippen molar-refractivity contribution in [3.8, 4) is 0 Å². The summed E-state index contributed by atoms with van der Waals surface area (Å²) in [6.07, 6.45) is 3.02. The number of carbonyl (C=O) groups is 3. The van der Waals surface area contributed by atoms with Crippen LogP contribution in [0, 0.1) is 17.0 Å². The minimum Gasteiger partial charge on any atom is -0.319 e. The van der Waals surface area contributed by atoms with Crippen LogP contribution in [0.3, 0.4) is 0 Å². The van der Waals surface area contributed by atoms with Gasteiger partial charge in [0.25, 0.3) is 11.6 Å². The molecule has 1 aliphatic carbocycles. The largest absolute Gasteiger partial charge is 0.325 e. The Morgan fingerprint density at radius 1 is 1.17 bits per heavy atom. The number of nitrogens with one attached hydrogen (secondary N) is 1. The number of amides is 3. The van der Waals surface area contributed by atoms with E-state index >= 15 is 0 Å². The Labute approximate surface area is 173 Å². The highest BCUT2D eigenvalue weighted by Gasteiger charge is 2.49. The van der Waals surface area contributed by atoms with Crippen molar-refractivity contribution >= 4 is 23.4 Å². The fourth-order valence-corrected chi connectivity index (χ4v) is 4.13. The van der Waals surface area contributed by atoms with Gasteiger partial charge >= 0.3 is 6.03 Å². The number of hydrogen-bond donors (Lipinski definition) is 1. The second-order valence-corrected chi connectivity index (χ2v) is 7.97. The summed E-state index contributed by atoms with van der Waals surface area (Å²) in [5.74, 6) is -1.06. The van der Waals surface area contributed by atoms with Gasteiger partial charge < -0.3 is 5.32 Å². The van der Waals surface area contributed by atoms with Gasteiger partial charge in [0.2, 0.25) is 0 Å². The van der Waals surface area contributed by atoms with Crippen molar-refractivity contribution in [1.29, 1.82) is 0 Å². The van der Waals surface area contributed by atoms with Crippen molar-refractivity contribution < 1.29 is 19.3 Å². The van der Waals surface area contributed by atoms with Crippen LogP contribution in [0.4, 0.5) is 10.5 Å².